The van der Waals surface area contributed by atoms with Crippen molar-refractivity contribution in [2.45, 2.75) is 24.5 Å². The number of thiophene rings is 1. The molecule has 0 bridgehead atoms. The monoisotopic (exact) mass is 416 g/mol. The van der Waals surface area contributed by atoms with Crippen molar-refractivity contribution < 1.29 is 9.59 Å². The molecule has 1 unspecified atom stereocenters. The molecule has 10 heteroatoms. The first-order valence-corrected chi connectivity index (χ1v) is 10.5. The molecule has 0 radical (unpaired) electrons. The number of carbonyl (C=O) groups is 2. The Labute approximate surface area is 170 Å². The van der Waals surface area contributed by atoms with Gasteiger partial charge in [0.15, 0.2) is 5.69 Å². The summed E-state index contributed by atoms with van der Waals surface area (Å²) in [5, 5.41) is 16.3. The van der Waals surface area contributed by atoms with Gasteiger partial charge in [0.2, 0.25) is 5.91 Å². The van der Waals surface area contributed by atoms with E-state index >= 15 is 0 Å². The molecule has 0 spiro atoms. The lowest BCUT2D eigenvalue weighted by Crippen LogP contribution is -2.29. The fourth-order valence-electron chi connectivity index (χ4n) is 2.32. The summed E-state index contributed by atoms with van der Waals surface area (Å²) in [5.74, 6) is -0.0655. The third kappa shape index (κ3) is 5.89. The largest absolute Gasteiger partial charge is 0.354 e. The fraction of sp³-hybridized carbons (Fsp3) is 0.278. The molecule has 146 valence electrons. The van der Waals surface area contributed by atoms with Crippen LogP contribution in [-0.2, 0) is 11.3 Å². The lowest BCUT2D eigenvalue weighted by atomic mass is 10.2. The van der Waals surface area contributed by atoms with E-state index in [4.69, 9.17) is 0 Å². The normalized spacial score (nSPS) is 11.8. The van der Waals surface area contributed by atoms with Crippen LogP contribution >= 0.6 is 23.1 Å². The highest BCUT2D eigenvalue weighted by atomic mass is 32.2. The van der Waals surface area contributed by atoms with E-state index in [0.29, 0.717) is 18.8 Å². The van der Waals surface area contributed by atoms with Gasteiger partial charge in [-0.1, -0.05) is 29.1 Å². The first-order valence-electron chi connectivity index (χ1n) is 8.67. The Bertz CT molecular complexity index is 898. The number of pyridine rings is 1. The van der Waals surface area contributed by atoms with Crippen molar-refractivity contribution in [3.05, 3.63) is 58.7 Å². The molecule has 0 saturated carbocycles. The number of hydrogen-bond donors (Lipinski definition) is 2. The molecule has 3 heterocycles. The Balaban J connectivity index is 1.39. The second kappa shape index (κ2) is 10.00. The number of nitrogens with one attached hydrogen (secondary N) is 2. The predicted molar refractivity (Wildman–Crippen MR) is 108 cm³/mol. The summed E-state index contributed by atoms with van der Waals surface area (Å²) in [5.41, 5.74) is 0.250. The summed E-state index contributed by atoms with van der Waals surface area (Å²) in [6.45, 7) is 2.76. The highest BCUT2D eigenvalue weighted by Gasteiger charge is 2.15. The second-order valence-electron chi connectivity index (χ2n) is 5.88. The maximum Gasteiger partial charge on any atom is 0.273 e. The predicted octanol–water partition coefficient (Wildman–Crippen LogP) is 2.13. The van der Waals surface area contributed by atoms with Gasteiger partial charge in [-0.25, -0.2) is 9.67 Å². The van der Waals surface area contributed by atoms with Crippen molar-refractivity contribution in [2.24, 2.45) is 0 Å². The Kier molecular flexibility index (Phi) is 7.15. The lowest BCUT2D eigenvalue weighted by Gasteiger charge is -2.10. The summed E-state index contributed by atoms with van der Waals surface area (Å²) in [6, 6.07) is 9.41. The molecule has 0 aliphatic rings. The molecule has 0 fully saturated rings. The molecule has 3 aromatic heterocycles. The second-order valence-corrected chi connectivity index (χ2v) is 7.86. The van der Waals surface area contributed by atoms with Crippen LogP contribution in [0.1, 0.15) is 28.3 Å². The number of carbonyl (C=O) groups excluding carboxylic acids is 2. The Morgan fingerprint density at radius 3 is 2.93 bits per heavy atom. The first-order chi connectivity index (χ1) is 13.6. The molecule has 0 aromatic carbocycles. The van der Waals surface area contributed by atoms with Gasteiger partial charge in [-0.3, -0.25) is 9.59 Å². The number of nitrogens with zero attached hydrogens (tertiary/aromatic N) is 4. The van der Waals surface area contributed by atoms with Crippen molar-refractivity contribution in [1.29, 1.82) is 0 Å². The van der Waals surface area contributed by atoms with E-state index in [1.807, 2.05) is 42.6 Å². The van der Waals surface area contributed by atoms with Crippen molar-refractivity contribution in [2.75, 3.05) is 12.3 Å². The number of thioether (sulfide) groups is 1. The van der Waals surface area contributed by atoms with E-state index in [1.54, 1.807) is 23.7 Å². The van der Waals surface area contributed by atoms with Gasteiger partial charge in [0.25, 0.3) is 5.91 Å². The zero-order valence-electron chi connectivity index (χ0n) is 15.2. The Hall–Kier alpha value is -2.72. The first kappa shape index (κ1) is 20.0. The van der Waals surface area contributed by atoms with Crippen LogP contribution in [0.4, 0.5) is 0 Å². The van der Waals surface area contributed by atoms with Gasteiger partial charge in [-0.2, -0.15) is 0 Å². The highest BCUT2D eigenvalue weighted by Crippen LogP contribution is 2.18. The van der Waals surface area contributed by atoms with E-state index < -0.39 is 0 Å². The van der Waals surface area contributed by atoms with Crippen LogP contribution in [0, 0.1) is 0 Å². The van der Waals surface area contributed by atoms with Gasteiger partial charge < -0.3 is 10.6 Å². The standard InChI is InChI=1S/C18H20N6O2S2/c1-13(15-5-4-10-27-15)21-18(26)14-11-24(23-22-14)9-8-19-16(25)12-28-17-6-2-3-7-20-17/h2-7,10-11,13H,8-9,12H2,1H3,(H,19,25)(H,21,26). The molecule has 3 aromatic rings. The number of rotatable bonds is 9. The molecule has 3 rings (SSSR count). The summed E-state index contributed by atoms with van der Waals surface area (Å²) < 4.78 is 1.54. The molecular formula is C18H20N6O2S2. The molecule has 2 amide bonds. The Morgan fingerprint density at radius 2 is 2.18 bits per heavy atom. The van der Waals surface area contributed by atoms with Crippen molar-refractivity contribution in [3.63, 3.8) is 0 Å². The third-order valence-corrected chi connectivity index (χ3v) is 5.74. The maximum absolute atomic E-state index is 12.3. The van der Waals surface area contributed by atoms with E-state index in [-0.39, 0.29) is 23.6 Å². The highest BCUT2D eigenvalue weighted by molar-refractivity contribution is 7.99. The zero-order chi connectivity index (χ0) is 19.8. The van der Waals surface area contributed by atoms with Gasteiger partial charge >= 0.3 is 0 Å². The van der Waals surface area contributed by atoms with E-state index in [0.717, 1.165) is 9.90 Å². The molecule has 0 aliphatic heterocycles. The van der Waals surface area contributed by atoms with Crippen LogP contribution < -0.4 is 10.6 Å². The van der Waals surface area contributed by atoms with Gasteiger partial charge in [0, 0.05) is 17.6 Å². The van der Waals surface area contributed by atoms with Gasteiger partial charge in [0.05, 0.1) is 29.6 Å². The third-order valence-electron chi connectivity index (χ3n) is 3.74. The van der Waals surface area contributed by atoms with Crippen molar-refractivity contribution in [1.82, 2.24) is 30.6 Å². The average molecular weight is 417 g/mol. The quantitative estimate of drug-likeness (QED) is 0.518. The SMILES string of the molecule is CC(NC(=O)c1cn(CCNC(=O)CSc2ccccn2)nn1)c1cccs1. The molecule has 8 nitrogen and oxygen atoms in total. The maximum atomic E-state index is 12.3. The fourth-order valence-corrected chi connectivity index (χ4v) is 3.75. The summed E-state index contributed by atoms with van der Waals surface area (Å²) in [6.07, 6.45) is 3.27. The average Bonchev–Trinajstić information content (AvgIpc) is 3.39. The van der Waals surface area contributed by atoms with Crippen LogP contribution in [0.3, 0.4) is 0 Å². The van der Waals surface area contributed by atoms with E-state index in [2.05, 4.69) is 25.9 Å². The number of aromatic nitrogens is 4. The smallest absolute Gasteiger partial charge is 0.273 e. The number of amides is 2. The van der Waals surface area contributed by atoms with Crippen LogP contribution in [-0.4, -0.2) is 44.1 Å². The molecule has 28 heavy (non-hydrogen) atoms. The number of hydrogen-bond acceptors (Lipinski definition) is 7. The zero-order valence-corrected chi connectivity index (χ0v) is 16.9. The molecule has 1 atom stereocenters. The van der Waals surface area contributed by atoms with E-state index in [9.17, 15) is 9.59 Å². The molecule has 2 N–H and O–H groups in total. The van der Waals surface area contributed by atoms with Gasteiger partial charge in [-0.15, -0.1) is 16.4 Å². The summed E-state index contributed by atoms with van der Waals surface area (Å²) in [4.78, 5) is 29.4. The van der Waals surface area contributed by atoms with Crippen LogP contribution in [0.2, 0.25) is 0 Å². The van der Waals surface area contributed by atoms with Crippen LogP contribution in [0.25, 0.3) is 0 Å². The van der Waals surface area contributed by atoms with Crippen molar-refractivity contribution in [3.8, 4) is 0 Å². The van der Waals surface area contributed by atoms with E-state index in [1.165, 1.54) is 16.4 Å². The topological polar surface area (TPSA) is 102 Å². The van der Waals surface area contributed by atoms with Crippen LogP contribution in [0.5, 0.6) is 0 Å². The van der Waals surface area contributed by atoms with Crippen molar-refractivity contribution >= 4 is 34.9 Å². The minimum absolute atomic E-state index is 0.0847. The van der Waals surface area contributed by atoms with Crippen LogP contribution in [0.15, 0.2) is 53.1 Å². The summed E-state index contributed by atoms with van der Waals surface area (Å²) >= 11 is 2.97. The Morgan fingerprint density at radius 1 is 1.29 bits per heavy atom. The molecule has 0 aliphatic carbocycles. The lowest BCUT2D eigenvalue weighted by molar-refractivity contribution is -0.118. The van der Waals surface area contributed by atoms with Gasteiger partial charge in [-0.05, 0) is 30.5 Å². The summed E-state index contributed by atoms with van der Waals surface area (Å²) in [7, 11) is 0. The molecular weight excluding hydrogens is 396 g/mol. The minimum atomic E-state index is -0.275. The minimum Gasteiger partial charge on any atom is -0.354 e. The molecule has 0 saturated heterocycles. The van der Waals surface area contributed by atoms with Gasteiger partial charge in [0.1, 0.15) is 0 Å².